The standard InChI is InChI=1S/C19H21IN2O2/c1-24-15-7-4-6-14(12-15)18-10-5-11-22(18)13-19(23)21-17-9-3-2-8-16(17)20/h2-4,6-9,12,18H,5,10-11,13H2,1H3,(H,21,23)/t18-/m0/s1. The Kier molecular flexibility index (Phi) is 5.73. The number of ether oxygens (including phenoxy) is 1. The van der Waals surface area contributed by atoms with Gasteiger partial charge in [0.05, 0.1) is 19.3 Å². The van der Waals surface area contributed by atoms with Gasteiger partial charge < -0.3 is 10.1 Å². The van der Waals surface area contributed by atoms with Crippen LogP contribution in [0.4, 0.5) is 5.69 Å². The van der Waals surface area contributed by atoms with Crippen LogP contribution in [0, 0.1) is 3.57 Å². The normalized spacial score (nSPS) is 17.7. The Morgan fingerprint density at radius 2 is 2.12 bits per heavy atom. The van der Waals surface area contributed by atoms with Crippen molar-refractivity contribution >= 4 is 34.2 Å². The molecule has 126 valence electrons. The van der Waals surface area contributed by atoms with E-state index < -0.39 is 0 Å². The zero-order chi connectivity index (χ0) is 16.9. The molecule has 1 aliphatic rings. The molecule has 0 aliphatic carbocycles. The van der Waals surface area contributed by atoms with E-state index in [1.54, 1.807) is 7.11 Å². The average molecular weight is 436 g/mol. The highest BCUT2D eigenvalue weighted by Crippen LogP contribution is 2.33. The smallest absolute Gasteiger partial charge is 0.238 e. The predicted octanol–water partition coefficient (Wildman–Crippen LogP) is 4.08. The first-order valence-corrected chi connectivity index (χ1v) is 9.17. The molecule has 4 nitrogen and oxygen atoms in total. The van der Waals surface area contributed by atoms with Crippen LogP contribution in [-0.4, -0.2) is 31.0 Å². The molecule has 0 aromatic heterocycles. The number of carbonyl (C=O) groups excluding carboxylic acids is 1. The number of benzene rings is 2. The van der Waals surface area contributed by atoms with Crippen molar-refractivity contribution in [2.45, 2.75) is 18.9 Å². The number of para-hydroxylation sites is 1. The maximum atomic E-state index is 12.4. The van der Waals surface area contributed by atoms with Gasteiger partial charge in [0.1, 0.15) is 5.75 Å². The highest BCUT2D eigenvalue weighted by Gasteiger charge is 2.27. The molecule has 1 atom stereocenters. The molecule has 1 N–H and O–H groups in total. The maximum absolute atomic E-state index is 12.4. The van der Waals surface area contributed by atoms with Gasteiger partial charge in [0, 0.05) is 9.61 Å². The topological polar surface area (TPSA) is 41.6 Å². The minimum absolute atomic E-state index is 0.0360. The number of likely N-dealkylation sites (tertiary alicyclic amines) is 1. The van der Waals surface area contributed by atoms with Gasteiger partial charge >= 0.3 is 0 Å². The van der Waals surface area contributed by atoms with E-state index in [0.717, 1.165) is 34.4 Å². The number of hydrogen-bond acceptors (Lipinski definition) is 3. The zero-order valence-electron chi connectivity index (χ0n) is 13.7. The molecule has 0 radical (unpaired) electrons. The van der Waals surface area contributed by atoms with Crippen LogP contribution in [-0.2, 0) is 4.79 Å². The van der Waals surface area contributed by atoms with Crippen LogP contribution in [0.15, 0.2) is 48.5 Å². The van der Waals surface area contributed by atoms with Gasteiger partial charge in [-0.1, -0.05) is 24.3 Å². The fourth-order valence-corrected chi connectivity index (χ4v) is 3.70. The second-order valence-electron chi connectivity index (χ2n) is 5.93. The number of nitrogens with zero attached hydrogens (tertiary/aromatic N) is 1. The fraction of sp³-hybridized carbons (Fsp3) is 0.316. The molecule has 2 aromatic rings. The molecule has 1 amide bonds. The fourth-order valence-electron chi connectivity index (χ4n) is 3.18. The van der Waals surface area contributed by atoms with Gasteiger partial charge in [-0.15, -0.1) is 0 Å². The number of rotatable bonds is 5. The number of anilines is 1. The number of carbonyl (C=O) groups is 1. The van der Waals surface area contributed by atoms with Gasteiger partial charge in [0.15, 0.2) is 0 Å². The molecule has 0 saturated carbocycles. The first-order chi connectivity index (χ1) is 11.7. The van der Waals surface area contributed by atoms with Crippen LogP contribution in [0.2, 0.25) is 0 Å². The first-order valence-electron chi connectivity index (χ1n) is 8.10. The molecule has 0 bridgehead atoms. The molecule has 3 rings (SSSR count). The summed E-state index contributed by atoms with van der Waals surface area (Å²) in [5.41, 5.74) is 2.09. The van der Waals surface area contributed by atoms with Gasteiger partial charge in [-0.05, 0) is 71.8 Å². The van der Waals surface area contributed by atoms with Crippen LogP contribution in [0.1, 0.15) is 24.4 Å². The Morgan fingerprint density at radius 3 is 2.92 bits per heavy atom. The molecule has 0 spiro atoms. The summed E-state index contributed by atoms with van der Waals surface area (Å²) < 4.78 is 6.37. The number of hydrogen-bond donors (Lipinski definition) is 1. The lowest BCUT2D eigenvalue weighted by Gasteiger charge is -2.24. The van der Waals surface area contributed by atoms with Crippen molar-refractivity contribution in [1.29, 1.82) is 0 Å². The highest BCUT2D eigenvalue weighted by molar-refractivity contribution is 14.1. The molecular weight excluding hydrogens is 415 g/mol. The largest absolute Gasteiger partial charge is 0.497 e. The number of nitrogens with one attached hydrogen (secondary N) is 1. The summed E-state index contributed by atoms with van der Waals surface area (Å²) in [4.78, 5) is 14.7. The third-order valence-electron chi connectivity index (χ3n) is 4.34. The summed E-state index contributed by atoms with van der Waals surface area (Å²) in [7, 11) is 1.68. The van der Waals surface area contributed by atoms with Crippen molar-refractivity contribution in [3.8, 4) is 5.75 Å². The number of methoxy groups -OCH3 is 1. The summed E-state index contributed by atoms with van der Waals surface area (Å²) in [5, 5.41) is 3.02. The molecule has 2 aromatic carbocycles. The van der Waals surface area contributed by atoms with E-state index in [-0.39, 0.29) is 11.9 Å². The predicted molar refractivity (Wildman–Crippen MR) is 104 cm³/mol. The molecule has 1 aliphatic heterocycles. The van der Waals surface area contributed by atoms with E-state index in [4.69, 9.17) is 4.74 Å². The Morgan fingerprint density at radius 1 is 1.29 bits per heavy atom. The first kappa shape index (κ1) is 17.2. The van der Waals surface area contributed by atoms with Crippen molar-refractivity contribution in [1.82, 2.24) is 4.90 Å². The van der Waals surface area contributed by atoms with E-state index in [1.807, 2.05) is 36.4 Å². The molecular formula is C19H21IN2O2. The van der Waals surface area contributed by atoms with Crippen LogP contribution < -0.4 is 10.1 Å². The summed E-state index contributed by atoms with van der Waals surface area (Å²) in [6.45, 7) is 1.36. The minimum atomic E-state index is 0.0360. The van der Waals surface area contributed by atoms with Crippen molar-refractivity contribution in [2.75, 3.05) is 25.5 Å². The van der Waals surface area contributed by atoms with Crippen molar-refractivity contribution in [3.63, 3.8) is 0 Å². The van der Waals surface area contributed by atoms with Gasteiger partial charge in [-0.2, -0.15) is 0 Å². The maximum Gasteiger partial charge on any atom is 0.238 e. The average Bonchev–Trinajstić information content (AvgIpc) is 3.05. The molecule has 0 unspecified atom stereocenters. The third kappa shape index (κ3) is 4.08. The lowest BCUT2D eigenvalue weighted by Crippen LogP contribution is -2.33. The Balaban J connectivity index is 1.67. The van der Waals surface area contributed by atoms with Crippen molar-refractivity contribution < 1.29 is 9.53 Å². The monoisotopic (exact) mass is 436 g/mol. The lowest BCUT2D eigenvalue weighted by atomic mass is 10.0. The van der Waals surface area contributed by atoms with Gasteiger partial charge in [-0.3, -0.25) is 9.69 Å². The van der Waals surface area contributed by atoms with E-state index in [1.165, 1.54) is 5.56 Å². The highest BCUT2D eigenvalue weighted by atomic mass is 127. The van der Waals surface area contributed by atoms with Crippen LogP contribution in [0.5, 0.6) is 5.75 Å². The van der Waals surface area contributed by atoms with E-state index >= 15 is 0 Å². The third-order valence-corrected chi connectivity index (χ3v) is 5.28. The summed E-state index contributed by atoms with van der Waals surface area (Å²) >= 11 is 2.24. The minimum Gasteiger partial charge on any atom is -0.497 e. The quantitative estimate of drug-likeness (QED) is 0.719. The molecule has 1 fully saturated rings. The Labute approximate surface area is 156 Å². The summed E-state index contributed by atoms with van der Waals surface area (Å²) in [6.07, 6.45) is 2.18. The van der Waals surface area contributed by atoms with Crippen LogP contribution in [0.3, 0.4) is 0 Å². The SMILES string of the molecule is COc1cccc([C@@H]2CCCN2CC(=O)Nc2ccccc2I)c1. The van der Waals surface area contributed by atoms with Gasteiger partial charge in [0.2, 0.25) is 5.91 Å². The van der Waals surface area contributed by atoms with Gasteiger partial charge in [0.25, 0.3) is 0 Å². The van der Waals surface area contributed by atoms with Crippen LogP contribution >= 0.6 is 22.6 Å². The summed E-state index contributed by atoms with van der Waals surface area (Å²) in [6, 6.07) is 16.3. The van der Waals surface area contributed by atoms with Crippen LogP contribution in [0.25, 0.3) is 0 Å². The van der Waals surface area contributed by atoms with Crippen molar-refractivity contribution in [2.24, 2.45) is 0 Å². The number of amides is 1. The van der Waals surface area contributed by atoms with E-state index in [2.05, 4.69) is 44.9 Å². The second-order valence-corrected chi connectivity index (χ2v) is 7.10. The molecule has 5 heteroatoms. The molecule has 1 heterocycles. The second kappa shape index (κ2) is 7.98. The van der Waals surface area contributed by atoms with Crippen molar-refractivity contribution in [3.05, 3.63) is 57.7 Å². The van der Waals surface area contributed by atoms with E-state index in [9.17, 15) is 4.79 Å². The summed E-state index contributed by atoms with van der Waals surface area (Å²) in [5.74, 6) is 0.900. The lowest BCUT2D eigenvalue weighted by molar-refractivity contribution is -0.117. The Hall–Kier alpha value is -1.60. The molecule has 24 heavy (non-hydrogen) atoms. The zero-order valence-corrected chi connectivity index (χ0v) is 15.8. The Bertz CT molecular complexity index is 720. The molecule has 1 saturated heterocycles. The van der Waals surface area contributed by atoms with Gasteiger partial charge in [-0.25, -0.2) is 0 Å². The van der Waals surface area contributed by atoms with E-state index in [0.29, 0.717) is 6.54 Å². The number of halogens is 1.